The maximum absolute atomic E-state index is 14.1. The molecular formula is C23H14BrClFN3O6S. The Labute approximate surface area is 217 Å². The van der Waals surface area contributed by atoms with Crippen LogP contribution in [-0.2, 0) is 30.8 Å². The van der Waals surface area contributed by atoms with E-state index in [9.17, 15) is 32.5 Å². The summed E-state index contributed by atoms with van der Waals surface area (Å²) in [7, 11) is -4.57. The summed E-state index contributed by atoms with van der Waals surface area (Å²) in [5.41, 5.74) is -0.0806. The number of carbonyl (C=O) groups excluding carboxylic acids is 2. The number of halogens is 3. The summed E-state index contributed by atoms with van der Waals surface area (Å²) >= 11 is 9.23. The van der Waals surface area contributed by atoms with Crippen LogP contribution in [0.15, 0.2) is 65.1 Å². The van der Waals surface area contributed by atoms with Crippen molar-refractivity contribution in [2.45, 2.75) is 11.4 Å². The van der Waals surface area contributed by atoms with Crippen LogP contribution in [0.4, 0.5) is 21.5 Å². The Morgan fingerprint density at radius 2 is 1.78 bits per heavy atom. The molecule has 1 fully saturated rings. The fourth-order valence-corrected chi connectivity index (χ4v) is 7.06. The highest BCUT2D eigenvalue weighted by molar-refractivity contribution is 9.10. The van der Waals surface area contributed by atoms with Gasteiger partial charge in [-0.1, -0.05) is 39.7 Å². The van der Waals surface area contributed by atoms with E-state index in [0.717, 1.165) is 39.7 Å². The van der Waals surface area contributed by atoms with Gasteiger partial charge >= 0.3 is 0 Å². The van der Waals surface area contributed by atoms with Gasteiger partial charge in [-0.2, -0.15) is 0 Å². The number of nitro groups is 1. The van der Waals surface area contributed by atoms with Crippen LogP contribution in [-0.4, -0.2) is 30.9 Å². The third-order valence-corrected chi connectivity index (χ3v) is 9.05. The van der Waals surface area contributed by atoms with Gasteiger partial charge in [0, 0.05) is 27.9 Å². The van der Waals surface area contributed by atoms with Crippen molar-refractivity contribution in [1.29, 1.82) is 0 Å². The summed E-state index contributed by atoms with van der Waals surface area (Å²) in [6.07, 6.45) is 0. The molecule has 0 saturated carbocycles. The molecule has 2 amide bonds. The molecule has 0 radical (unpaired) electrons. The first-order valence-corrected chi connectivity index (χ1v) is 13.2. The van der Waals surface area contributed by atoms with Crippen molar-refractivity contribution in [3.05, 3.63) is 97.2 Å². The second-order valence-corrected chi connectivity index (χ2v) is 11.6. The second-order valence-electron chi connectivity index (χ2n) is 8.21. The molecule has 0 aliphatic carbocycles. The molecule has 1 unspecified atom stereocenters. The lowest BCUT2D eigenvalue weighted by Crippen LogP contribution is -2.54. The molecular weight excluding hydrogens is 581 g/mol. The van der Waals surface area contributed by atoms with Gasteiger partial charge in [0.25, 0.3) is 16.5 Å². The zero-order valence-electron chi connectivity index (χ0n) is 18.0. The molecule has 2 heterocycles. The molecule has 1 atom stereocenters. The van der Waals surface area contributed by atoms with E-state index < -0.39 is 53.7 Å². The minimum Gasteiger partial charge on any atom is -0.304 e. The highest BCUT2D eigenvalue weighted by Crippen LogP contribution is 2.53. The van der Waals surface area contributed by atoms with Gasteiger partial charge < -0.3 is 4.90 Å². The van der Waals surface area contributed by atoms with Gasteiger partial charge in [0.15, 0.2) is 9.84 Å². The van der Waals surface area contributed by atoms with Gasteiger partial charge in [0.2, 0.25) is 5.91 Å². The average Bonchev–Trinajstić information content (AvgIpc) is 3.19. The van der Waals surface area contributed by atoms with Crippen molar-refractivity contribution in [1.82, 2.24) is 0 Å². The predicted molar refractivity (Wildman–Crippen MR) is 133 cm³/mol. The molecule has 1 saturated heterocycles. The third kappa shape index (κ3) is 3.43. The van der Waals surface area contributed by atoms with E-state index in [1.165, 1.54) is 11.0 Å². The van der Waals surface area contributed by atoms with Crippen LogP contribution >= 0.6 is 27.5 Å². The third-order valence-electron chi connectivity index (χ3n) is 6.13. The standard InChI is InChI=1S/C23H14BrClFN3O6S/c24-14-3-1-13(2-4-14)11-27-20-8-6-16(29(32)33)9-17(20)23(22(27)31)28(21(30)12-36(23,34)35)15-5-7-19(26)18(25)10-15/h1-10H,11-12H2. The number of fused-ring (bicyclic) bond motifs is 2. The number of amides is 2. The first kappa shape index (κ1) is 24.3. The van der Waals surface area contributed by atoms with E-state index in [4.69, 9.17) is 11.6 Å². The van der Waals surface area contributed by atoms with Crippen molar-refractivity contribution in [2.75, 3.05) is 15.6 Å². The average molecular weight is 595 g/mol. The predicted octanol–water partition coefficient (Wildman–Crippen LogP) is 4.31. The van der Waals surface area contributed by atoms with Gasteiger partial charge in [-0.25, -0.2) is 12.8 Å². The van der Waals surface area contributed by atoms with Gasteiger partial charge in [-0.3, -0.25) is 24.6 Å². The highest BCUT2D eigenvalue weighted by Gasteiger charge is 2.70. The van der Waals surface area contributed by atoms with E-state index in [1.807, 2.05) is 0 Å². The Balaban J connectivity index is 1.79. The minimum absolute atomic E-state index is 0.0690. The van der Waals surface area contributed by atoms with Gasteiger partial charge in [-0.15, -0.1) is 0 Å². The van der Waals surface area contributed by atoms with E-state index in [-0.39, 0.29) is 23.5 Å². The lowest BCUT2D eigenvalue weighted by atomic mass is 10.0. The van der Waals surface area contributed by atoms with E-state index in [2.05, 4.69) is 15.9 Å². The molecule has 0 bridgehead atoms. The van der Waals surface area contributed by atoms with Crippen LogP contribution in [0.2, 0.25) is 5.02 Å². The Hall–Kier alpha value is -3.35. The summed E-state index contributed by atoms with van der Waals surface area (Å²) in [6.45, 7) is -0.0690. The highest BCUT2D eigenvalue weighted by atomic mass is 79.9. The van der Waals surface area contributed by atoms with Crippen molar-refractivity contribution < 1.29 is 27.3 Å². The number of hydrogen-bond acceptors (Lipinski definition) is 6. The Kier molecular flexibility index (Phi) is 5.65. The van der Waals surface area contributed by atoms with Crippen LogP contribution in [0.25, 0.3) is 0 Å². The molecule has 5 rings (SSSR count). The normalized spacial score (nSPS) is 20.3. The summed E-state index contributed by atoms with van der Waals surface area (Å²) < 4.78 is 41.9. The number of non-ortho nitro benzene ring substituents is 1. The Morgan fingerprint density at radius 3 is 2.42 bits per heavy atom. The van der Waals surface area contributed by atoms with Gasteiger partial charge in [0.05, 0.1) is 22.2 Å². The van der Waals surface area contributed by atoms with Crippen molar-refractivity contribution >= 4 is 66.2 Å². The fraction of sp³-hybridized carbons (Fsp3) is 0.130. The lowest BCUT2D eigenvalue weighted by Gasteiger charge is -2.32. The SMILES string of the molecule is O=C1CS(=O)(=O)C2(C(=O)N(Cc3ccc(Br)cc3)c3ccc([N+](=O)[O-])cc32)N1c1ccc(F)c(Cl)c1. The summed E-state index contributed by atoms with van der Waals surface area (Å²) in [4.78, 5) is 37.4. The van der Waals surface area contributed by atoms with Crippen molar-refractivity contribution in [2.24, 2.45) is 0 Å². The first-order chi connectivity index (χ1) is 17.0. The maximum Gasteiger partial charge on any atom is 0.274 e. The van der Waals surface area contributed by atoms with E-state index >= 15 is 0 Å². The van der Waals surface area contributed by atoms with Gasteiger partial charge in [-0.05, 0) is 42.0 Å². The zero-order chi connectivity index (χ0) is 26.0. The molecule has 2 aliphatic heterocycles. The molecule has 0 aromatic heterocycles. The molecule has 0 N–H and O–H groups in total. The van der Waals surface area contributed by atoms with Crippen molar-refractivity contribution in [3.8, 4) is 0 Å². The monoisotopic (exact) mass is 593 g/mol. The number of sulfone groups is 1. The number of nitrogens with zero attached hydrogens (tertiary/aromatic N) is 3. The Bertz CT molecular complexity index is 1580. The first-order valence-electron chi connectivity index (χ1n) is 10.3. The fourth-order valence-electron chi connectivity index (χ4n) is 4.59. The van der Waals surface area contributed by atoms with E-state index in [1.54, 1.807) is 24.3 Å². The summed E-state index contributed by atoms with van der Waals surface area (Å²) in [5.74, 6) is -3.77. The second kappa shape index (κ2) is 8.36. The minimum atomic E-state index is -4.57. The van der Waals surface area contributed by atoms with Crippen LogP contribution in [0.1, 0.15) is 11.1 Å². The maximum atomic E-state index is 14.1. The molecule has 2 aliphatic rings. The molecule has 1 spiro atoms. The Morgan fingerprint density at radius 1 is 1.08 bits per heavy atom. The van der Waals surface area contributed by atoms with Crippen LogP contribution in [0.3, 0.4) is 0 Å². The smallest absolute Gasteiger partial charge is 0.274 e. The van der Waals surface area contributed by atoms with Crippen molar-refractivity contribution in [3.63, 3.8) is 0 Å². The van der Waals surface area contributed by atoms with Crippen LogP contribution in [0, 0.1) is 15.9 Å². The summed E-state index contributed by atoms with van der Waals surface area (Å²) in [5, 5.41) is 11.2. The van der Waals surface area contributed by atoms with E-state index in [0.29, 0.717) is 5.56 Å². The zero-order valence-corrected chi connectivity index (χ0v) is 21.2. The largest absolute Gasteiger partial charge is 0.304 e. The molecule has 184 valence electrons. The van der Waals surface area contributed by atoms with Crippen LogP contribution < -0.4 is 9.80 Å². The molecule has 13 heteroatoms. The number of carbonyl (C=O) groups is 2. The number of hydrogen-bond donors (Lipinski definition) is 0. The molecule has 9 nitrogen and oxygen atoms in total. The van der Waals surface area contributed by atoms with Gasteiger partial charge in [0.1, 0.15) is 11.6 Å². The lowest BCUT2D eigenvalue weighted by molar-refractivity contribution is -0.384. The molecule has 3 aromatic carbocycles. The topological polar surface area (TPSA) is 118 Å². The van der Waals surface area contributed by atoms with Crippen LogP contribution in [0.5, 0.6) is 0 Å². The number of rotatable bonds is 4. The number of benzene rings is 3. The number of nitro benzene ring substituents is 1. The quantitative estimate of drug-likeness (QED) is 0.328. The number of anilines is 2. The summed E-state index contributed by atoms with van der Waals surface area (Å²) in [6, 6.07) is 13.5. The molecule has 3 aromatic rings. The molecule has 36 heavy (non-hydrogen) atoms.